The number of hydrogen-bond donors (Lipinski definition) is 1. The largest absolute Gasteiger partial charge is 0.469 e. The second kappa shape index (κ2) is 5.50. The molecule has 5 heteroatoms. The van der Waals surface area contributed by atoms with Crippen LogP contribution in [0.25, 0.3) is 0 Å². The van der Waals surface area contributed by atoms with Crippen LogP contribution in [0, 0.1) is 6.92 Å². The highest BCUT2D eigenvalue weighted by molar-refractivity contribution is 5.69. The molecule has 84 valence electrons. The first kappa shape index (κ1) is 11.7. The Kier molecular flexibility index (Phi) is 4.30. The van der Waals surface area contributed by atoms with Crippen LogP contribution in [0.1, 0.15) is 17.7 Å². The zero-order valence-corrected chi connectivity index (χ0v) is 9.41. The zero-order valence-electron chi connectivity index (χ0n) is 9.41. The van der Waals surface area contributed by atoms with E-state index >= 15 is 0 Å². The monoisotopic (exact) mass is 211 g/mol. The van der Waals surface area contributed by atoms with Crippen LogP contribution in [0.5, 0.6) is 0 Å². The summed E-state index contributed by atoms with van der Waals surface area (Å²) in [5.74, 6) is -0.189. The maximum atomic E-state index is 10.8. The molecule has 1 heterocycles. The third-order valence-electron chi connectivity index (χ3n) is 2.16. The standard InChI is InChI=1S/C10H17N3O2/c1-8-9(7-13(2)12-8)6-11-5-4-10(14)15-3/h7,11H,4-6H2,1-3H3. The van der Waals surface area contributed by atoms with E-state index in [9.17, 15) is 4.79 Å². The number of aryl methyl sites for hydroxylation is 2. The van der Waals surface area contributed by atoms with Gasteiger partial charge in [-0.05, 0) is 6.92 Å². The number of hydrogen-bond acceptors (Lipinski definition) is 4. The van der Waals surface area contributed by atoms with E-state index in [1.165, 1.54) is 7.11 Å². The SMILES string of the molecule is COC(=O)CCNCc1cn(C)nc1C. The van der Waals surface area contributed by atoms with Crippen LogP contribution in [0.4, 0.5) is 0 Å². The van der Waals surface area contributed by atoms with Crippen LogP contribution < -0.4 is 5.32 Å². The molecule has 0 aliphatic heterocycles. The van der Waals surface area contributed by atoms with Gasteiger partial charge in [-0.15, -0.1) is 0 Å². The summed E-state index contributed by atoms with van der Waals surface area (Å²) in [6.45, 7) is 3.33. The van der Waals surface area contributed by atoms with Gasteiger partial charge in [-0.2, -0.15) is 5.10 Å². The highest BCUT2D eigenvalue weighted by atomic mass is 16.5. The van der Waals surface area contributed by atoms with Crippen molar-refractivity contribution in [3.05, 3.63) is 17.5 Å². The van der Waals surface area contributed by atoms with Crippen molar-refractivity contribution in [2.75, 3.05) is 13.7 Å². The molecule has 0 aromatic carbocycles. The fraction of sp³-hybridized carbons (Fsp3) is 0.600. The molecule has 0 spiro atoms. The van der Waals surface area contributed by atoms with Crippen LogP contribution in [0.3, 0.4) is 0 Å². The van der Waals surface area contributed by atoms with E-state index in [0.717, 1.165) is 17.8 Å². The molecular weight excluding hydrogens is 194 g/mol. The van der Waals surface area contributed by atoms with Crippen molar-refractivity contribution in [1.29, 1.82) is 0 Å². The molecule has 0 bridgehead atoms. The Balaban J connectivity index is 2.26. The van der Waals surface area contributed by atoms with E-state index in [0.29, 0.717) is 13.0 Å². The van der Waals surface area contributed by atoms with Gasteiger partial charge in [0.15, 0.2) is 0 Å². The van der Waals surface area contributed by atoms with Crippen LogP contribution >= 0.6 is 0 Å². The fourth-order valence-electron chi connectivity index (χ4n) is 1.34. The van der Waals surface area contributed by atoms with Gasteiger partial charge in [0.2, 0.25) is 0 Å². The third-order valence-corrected chi connectivity index (χ3v) is 2.16. The number of nitrogens with zero attached hydrogens (tertiary/aromatic N) is 2. The average Bonchev–Trinajstić information content (AvgIpc) is 2.52. The summed E-state index contributed by atoms with van der Waals surface area (Å²) in [5.41, 5.74) is 2.17. The zero-order chi connectivity index (χ0) is 11.3. The van der Waals surface area contributed by atoms with Crippen molar-refractivity contribution < 1.29 is 9.53 Å². The Bertz CT molecular complexity index is 333. The number of rotatable bonds is 5. The van der Waals surface area contributed by atoms with Crippen LogP contribution in [-0.2, 0) is 23.1 Å². The quantitative estimate of drug-likeness (QED) is 0.565. The van der Waals surface area contributed by atoms with Gasteiger partial charge in [-0.3, -0.25) is 9.48 Å². The Hall–Kier alpha value is -1.36. The Morgan fingerprint density at radius 2 is 2.40 bits per heavy atom. The molecular formula is C10H17N3O2. The molecule has 0 aliphatic carbocycles. The number of carbonyl (C=O) groups is 1. The van der Waals surface area contributed by atoms with Gasteiger partial charge in [0.1, 0.15) is 0 Å². The summed E-state index contributed by atoms with van der Waals surface area (Å²) in [7, 11) is 3.29. The van der Waals surface area contributed by atoms with Crippen molar-refractivity contribution in [2.45, 2.75) is 19.9 Å². The van der Waals surface area contributed by atoms with Gasteiger partial charge in [0.25, 0.3) is 0 Å². The van der Waals surface area contributed by atoms with E-state index in [1.807, 2.05) is 20.2 Å². The van der Waals surface area contributed by atoms with Gasteiger partial charge >= 0.3 is 5.97 Å². The number of ether oxygens (including phenoxy) is 1. The summed E-state index contributed by atoms with van der Waals surface area (Å²) < 4.78 is 6.32. The normalized spacial score (nSPS) is 10.3. The number of aromatic nitrogens is 2. The lowest BCUT2D eigenvalue weighted by Crippen LogP contribution is -2.18. The Labute approximate surface area is 89.4 Å². The second-order valence-corrected chi connectivity index (χ2v) is 3.42. The minimum absolute atomic E-state index is 0.189. The lowest BCUT2D eigenvalue weighted by atomic mass is 10.2. The summed E-state index contributed by atoms with van der Waals surface area (Å²) in [5, 5.41) is 7.39. The highest BCUT2D eigenvalue weighted by Crippen LogP contribution is 2.03. The molecule has 1 aromatic heterocycles. The van der Waals surface area contributed by atoms with Crippen LogP contribution in [0.15, 0.2) is 6.20 Å². The first-order valence-corrected chi connectivity index (χ1v) is 4.90. The smallest absolute Gasteiger partial charge is 0.306 e. The molecule has 1 aromatic rings. The van der Waals surface area contributed by atoms with E-state index < -0.39 is 0 Å². The molecule has 0 aliphatic rings. The minimum Gasteiger partial charge on any atom is -0.469 e. The van der Waals surface area contributed by atoms with Crippen LogP contribution in [-0.4, -0.2) is 29.4 Å². The van der Waals surface area contributed by atoms with Crippen molar-refractivity contribution in [1.82, 2.24) is 15.1 Å². The Morgan fingerprint density at radius 3 is 2.93 bits per heavy atom. The highest BCUT2D eigenvalue weighted by Gasteiger charge is 2.03. The third kappa shape index (κ3) is 3.71. The number of carbonyl (C=O) groups excluding carboxylic acids is 1. The molecule has 1 N–H and O–H groups in total. The van der Waals surface area contributed by atoms with E-state index in [4.69, 9.17) is 0 Å². The van der Waals surface area contributed by atoms with Gasteiger partial charge in [0.05, 0.1) is 19.2 Å². The maximum absolute atomic E-state index is 10.8. The van der Waals surface area contributed by atoms with Gasteiger partial charge < -0.3 is 10.1 Å². The first-order chi connectivity index (χ1) is 7.13. The van der Waals surface area contributed by atoms with E-state index in [-0.39, 0.29) is 5.97 Å². The fourth-order valence-corrected chi connectivity index (χ4v) is 1.34. The number of esters is 1. The average molecular weight is 211 g/mol. The minimum atomic E-state index is -0.189. The second-order valence-electron chi connectivity index (χ2n) is 3.42. The topological polar surface area (TPSA) is 56.1 Å². The van der Waals surface area contributed by atoms with E-state index in [2.05, 4.69) is 15.2 Å². The molecule has 0 saturated carbocycles. The predicted molar refractivity (Wildman–Crippen MR) is 56.3 cm³/mol. The molecule has 5 nitrogen and oxygen atoms in total. The molecule has 0 radical (unpaired) electrons. The summed E-state index contributed by atoms with van der Waals surface area (Å²) in [6, 6.07) is 0. The molecule has 15 heavy (non-hydrogen) atoms. The maximum Gasteiger partial charge on any atom is 0.306 e. The summed E-state index contributed by atoms with van der Waals surface area (Å²) in [6.07, 6.45) is 2.37. The molecule has 0 fully saturated rings. The molecule has 0 saturated heterocycles. The van der Waals surface area contributed by atoms with Crippen LogP contribution in [0.2, 0.25) is 0 Å². The number of nitrogens with one attached hydrogen (secondary N) is 1. The summed E-state index contributed by atoms with van der Waals surface area (Å²) >= 11 is 0. The number of methoxy groups -OCH3 is 1. The van der Waals surface area contributed by atoms with Crippen molar-refractivity contribution in [2.24, 2.45) is 7.05 Å². The molecule has 0 unspecified atom stereocenters. The van der Waals surface area contributed by atoms with Gasteiger partial charge in [-0.1, -0.05) is 0 Å². The molecule has 1 rings (SSSR count). The lowest BCUT2D eigenvalue weighted by Gasteiger charge is -2.02. The summed E-state index contributed by atoms with van der Waals surface area (Å²) in [4.78, 5) is 10.8. The Morgan fingerprint density at radius 1 is 1.67 bits per heavy atom. The van der Waals surface area contributed by atoms with E-state index in [1.54, 1.807) is 4.68 Å². The van der Waals surface area contributed by atoms with Crippen molar-refractivity contribution in [3.8, 4) is 0 Å². The predicted octanol–water partition coefficient (Wildman–Crippen LogP) is 0.381. The van der Waals surface area contributed by atoms with Crippen molar-refractivity contribution in [3.63, 3.8) is 0 Å². The van der Waals surface area contributed by atoms with Gasteiger partial charge in [-0.25, -0.2) is 0 Å². The lowest BCUT2D eigenvalue weighted by molar-refractivity contribution is -0.140. The van der Waals surface area contributed by atoms with Crippen molar-refractivity contribution >= 4 is 5.97 Å². The molecule has 0 amide bonds. The molecule has 0 atom stereocenters. The first-order valence-electron chi connectivity index (χ1n) is 4.90. The van der Waals surface area contributed by atoms with Gasteiger partial charge in [0, 0.05) is 31.9 Å².